The molecule has 0 radical (unpaired) electrons. The molecule has 2 rings (SSSR count). The largest absolute Gasteiger partial charge is 0.382 e. The molecule has 1 heterocycles. The van der Waals surface area contributed by atoms with Crippen LogP contribution in [0.4, 0.5) is 5.69 Å². The Kier molecular flexibility index (Phi) is 5.39. The van der Waals surface area contributed by atoms with Gasteiger partial charge in [0.1, 0.15) is 0 Å². The van der Waals surface area contributed by atoms with Crippen molar-refractivity contribution in [2.45, 2.75) is 25.8 Å². The number of hydrogen-bond acceptors (Lipinski definition) is 3. The summed E-state index contributed by atoms with van der Waals surface area (Å²) in [6.45, 7) is 4.07. The first-order valence-corrected chi connectivity index (χ1v) is 8.11. The Bertz CT molecular complexity index is 346. The van der Waals surface area contributed by atoms with Gasteiger partial charge in [-0.3, -0.25) is 0 Å². The van der Waals surface area contributed by atoms with Gasteiger partial charge in [-0.15, -0.1) is 0 Å². The smallest absolute Gasteiger partial charge is 0.0514 e. The van der Waals surface area contributed by atoms with Gasteiger partial charge in [0.25, 0.3) is 0 Å². The van der Waals surface area contributed by atoms with Crippen LogP contribution in [0.1, 0.15) is 18.9 Å². The third kappa shape index (κ3) is 3.92. The number of hydrogen-bond donors (Lipinski definition) is 1. The Morgan fingerprint density at radius 2 is 2.17 bits per heavy atom. The molecule has 1 aromatic carbocycles. The Morgan fingerprint density at radius 1 is 1.39 bits per heavy atom. The van der Waals surface area contributed by atoms with Crippen LogP contribution in [0.5, 0.6) is 0 Å². The predicted octanol–water partition coefficient (Wildman–Crippen LogP) is 3.43. The summed E-state index contributed by atoms with van der Waals surface area (Å²) in [6.07, 6.45) is 4.49. The summed E-state index contributed by atoms with van der Waals surface area (Å²) in [7, 11) is 0. The van der Waals surface area contributed by atoms with Gasteiger partial charge < -0.3 is 10.1 Å². The van der Waals surface area contributed by atoms with E-state index in [2.05, 4.69) is 42.8 Å². The van der Waals surface area contributed by atoms with Gasteiger partial charge >= 0.3 is 0 Å². The lowest BCUT2D eigenvalue weighted by Gasteiger charge is -2.20. The van der Waals surface area contributed by atoms with Gasteiger partial charge in [-0.1, -0.05) is 12.1 Å². The summed E-state index contributed by atoms with van der Waals surface area (Å²) in [6, 6.07) is 9.35. The van der Waals surface area contributed by atoms with Gasteiger partial charge in [-0.05, 0) is 49.5 Å². The quantitative estimate of drug-likeness (QED) is 0.851. The van der Waals surface area contributed by atoms with Crippen LogP contribution in [0.2, 0.25) is 0 Å². The van der Waals surface area contributed by atoms with Gasteiger partial charge in [0.2, 0.25) is 0 Å². The van der Waals surface area contributed by atoms with E-state index in [1.54, 1.807) is 0 Å². The fourth-order valence-electron chi connectivity index (χ4n) is 2.32. The molecule has 0 unspecified atom stereocenters. The van der Waals surface area contributed by atoms with Crippen LogP contribution in [0, 0.1) is 5.92 Å². The van der Waals surface area contributed by atoms with Crippen molar-refractivity contribution in [1.29, 1.82) is 0 Å². The van der Waals surface area contributed by atoms with Crippen molar-refractivity contribution in [3.63, 3.8) is 0 Å². The van der Waals surface area contributed by atoms with Crippen LogP contribution in [-0.4, -0.2) is 31.3 Å². The highest BCUT2D eigenvalue weighted by molar-refractivity contribution is 7.98. The summed E-state index contributed by atoms with van der Waals surface area (Å²) < 4.78 is 5.44. The average molecular weight is 265 g/mol. The topological polar surface area (TPSA) is 21.3 Å². The van der Waals surface area contributed by atoms with Crippen molar-refractivity contribution in [3.8, 4) is 0 Å². The number of thioether (sulfide) groups is 1. The van der Waals surface area contributed by atoms with Crippen molar-refractivity contribution in [3.05, 3.63) is 29.8 Å². The molecule has 1 N–H and O–H groups in total. The molecule has 0 saturated carbocycles. The summed E-state index contributed by atoms with van der Waals surface area (Å²) in [5.41, 5.74) is 2.65. The third-order valence-electron chi connectivity index (χ3n) is 3.62. The second-order valence-electron chi connectivity index (χ2n) is 5.00. The number of anilines is 1. The Balaban J connectivity index is 1.85. The van der Waals surface area contributed by atoms with E-state index in [-0.39, 0.29) is 0 Å². The Hall–Kier alpha value is -0.670. The standard InChI is InChI=1S/C15H23NOS/c1-12(14-7-9-17-11-14)16-15-5-3-13(4-6-15)8-10-18-2/h3-6,12,14,16H,7-11H2,1-2H3/t12-,14+/m1/s1. The first kappa shape index (κ1) is 13.8. The number of aryl methyl sites for hydroxylation is 1. The molecule has 100 valence electrons. The normalized spacial score (nSPS) is 20.9. The van der Waals surface area contributed by atoms with E-state index in [1.165, 1.54) is 23.4 Å². The average Bonchev–Trinajstić information content (AvgIpc) is 2.92. The molecule has 1 saturated heterocycles. The van der Waals surface area contributed by atoms with Crippen molar-refractivity contribution >= 4 is 17.4 Å². The molecule has 3 heteroatoms. The zero-order valence-electron chi connectivity index (χ0n) is 11.3. The maximum absolute atomic E-state index is 5.44. The molecule has 1 fully saturated rings. The minimum Gasteiger partial charge on any atom is -0.382 e. The lowest BCUT2D eigenvalue weighted by atomic mass is 10.0. The maximum atomic E-state index is 5.44. The molecule has 0 aromatic heterocycles. The molecular formula is C15H23NOS. The van der Waals surface area contributed by atoms with E-state index < -0.39 is 0 Å². The van der Waals surface area contributed by atoms with E-state index in [1.807, 2.05) is 11.8 Å². The van der Waals surface area contributed by atoms with Crippen LogP contribution in [0.25, 0.3) is 0 Å². The zero-order chi connectivity index (χ0) is 12.8. The van der Waals surface area contributed by atoms with E-state index in [9.17, 15) is 0 Å². The van der Waals surface area contributed by atoms with Crippen LogP contribution < -0.4 is 5.32 Å². The van der Waals surface area contributed by atoms with Crippen LogP contribution in [0.3, 0.4) is 0 Å². The van der Waals surface area contributed by atoms with Gasteiger partial charge in [0, 0.05) is 24.3 Å². The summed E-state index contributed by atoms with van der Waals surface area (Å²) >= 11 is 1.90. The van der Waals surface area contributed by atoms with Crippen molar-refractivity contribution in [2.24, 2.45) is 5.92 Å². The van der Waals surface area contributed by atoms with Crippen molar-refractivity contribution in [1.82, 2.24) is 0 Å². The molecule has 0 aliphatic carbocycles. The SMILES string of the molecule is CSCCc1ccc(N[C@H](C)[C@H]2CCOC2)cc1. The molecule has 2 atom stereocenters. The number of nitrogens with one attached hydrogen (secondary N) is 1. The minimum atomic E-state index is 0.490. The highest BCUT2D eigenvalue weighted by Crippen LogP contribution is 2.20. The van der Waals surface area contributed by atoms with Gasteiger partial charge in [0.15, 0.2) is 0 Å². The minimum absolute atomic E-state index is 0.490. The second-order valence-corrected chi connectivity index (χ2v) is 5.98. The van der Waals surface area contributed by atoms with Crippen molar-refractivity contribution < 1.29 is 4.74 Å². The highest BCUT2D eigenvalue weighted by atomic mass is 32.2. The van der Waals surface area contributed by atoms with E-state index >= 15 is 0 Å². The van der Waals surface area contributed by atoms with Crippen LogP contribution >= 0.6 is 11.8 Å². The Morgan fingerprint density at radius 3 is 2.78 bits per heavy atom. The first-order chi connectivity index (χ1) is 8.79. The molecule has 1 aliphatic rings. The number of rotatable bonds is 6. The Labute approximate surface area is 114 Å². The number of benzene rings is 1. The molecule has 1 aliphatic heterocycles. The first-order valence-electron chi connectivity index (χ1n) is 6.72. The molecule has 2 nitrogen and oxygen atoms in total. The molecule has 0 bridgehead atoms. The maximum Gasteiger partial charge on any atom is 0.0514 e. The molecule has 0 amide bonds. The molecule has 1 aromatic rings. The second kappa shape index (κ2) is 7.05. The van der Waals surface area contributed by atoms with E-state index in [4.69, 9.17) is 4.74 Å². The fourth-order valence-corrected chi connectivity index (χ4v) is 2.76. The van der Waals surface area contributed by atoms with Gasteiger partial charge in [-0.2, -0.15) is 11.8 Å². The van der Waals surface area contributed by atoms with Crippen molar-refractivity contribution in [2.75, 3.05) is 30.5 Å². The molecule has 0 spiro atoms. The monoisotopic (exact) mass is 265 g/mol. The zero-order valence-corrected chi connectivity index (χ0v) is 12.1. The van der Waals surface area contributed by atoms with Crippen LogP contribution in [-0.2, 0) is 11.2 Å². The molecule has 18 heavy (non-hydrogen) atoms. The van der Waals surface area contributed by atoms with Gasteiger partial charge in [0.05, 0.1) is 6.61 Å². The summed E-state index contributed by atoms with van der Waals surface area (Å²) in [4.78, 5) is 0. The summed E-state index contributed by atoms with van der Waals surface area (Å²) in [5.74, 6) is 1.85. The van der Waals surface area contributed by atoms with Gasteiger partial charge in [-0.25, -0.2) is 0 Å². The lowest BCUT2D eigenvalue weighted by molar-refractivity contribution is 0.183. The highest BCUT2D eigenvalue weighted by Gasteiger charge is 2.21. The van der Waals surface area contributed by atoms with Crippen LogP contribution in [0.15, 0.2) is 24.3 Å². The van der Waals surface area contributed by atoms with E-state index in [0.29, 0.717) is 12.0 Å². The predicted molar refractivity (Wildman–Crippen MR) is 80.5 cm³/mol. The van der Waals surface area contributed by atoms with E-state index in [0.717, 1.165) is 19.6 Å². The number of ether oxygens (including phenoxy) is 1. The fraction of sp³-hybridized carbons (Fsp3) is 0.600. The lowest BCUT2D eigenvalue weighted by Crippen LogP contribution is -2.26. The third-order valence-corrected chi connectivity index (χ3v) is 4.23. The molecular weight excluding hydrogens is 242 g/mol. The summed E-state index contributed by atoms with van der Waals surface area (Å²) in [5, 5.41) is 3.58.